The van der Waals surface area contributed by atoms with E-state index in [0.717, 1.165) is 11.6 Å². The van der Waals surface area contributed by atoms with Crippen LogP contribution in [0.2, 0.25) is 0 Å². The van der Waals surface area contributed by atoms with Crippen molar-refractivity contribution in [3.8, 4) is 5.75 Å². The summed E-state index contributed by atoms with van der Waals surface area (Å²) in [5.74, 6) is 2.41. The average molecular weight is 316 g/mol. The van der Waals surface area contributed by atoms with E-state index >= 15 is 0 Å². The lowest BCUT2D eigenvalue weighted by Crippen LogP contribution is -2.41. The zero-order chi connectivity index (χ0) is 16.7. The van der Waals surface area contributed by atoms with Crippen LogP contribution in [0.15, 0.2) is 35.6 Å². The van der Waals surface area contributed by atoms with E-state index in [0.29, 0.717) is 19.0 Å². The first-order valence-electron chi connectivity index (χ1n) is 7.59. The van der Waals surface area contributed by atoms with Crippen molar-refractivity contribution in [3.63, 3.8) is 0 Å². The van der Waals surface area contributed by atoms with Gasteiger partial charge in [-0.15, -0.1) is 0 Å². The van der Waals surface area contributed by atoms with E-state index < -0.39 is 0 Å². The summed E-state index contributed by atoms with van der Waals surface area (Å²) < 4.78 is 7.59. The number of aryl methyl sites for hydroxylation is 2. The molecule has 0 aliphatic rings. The molecule has 7 nitrogen and oxygen atoms in total. The van der Waals surface area contributed by atoms with Crippen molar-refractivity contribution in [2.45, 2.75) is 26.5 Å². The number of benzene rings is 1. The first kappa shape index (κ1) is 16.8. The van der Waals surface area contributed by atoms with Gasteiger partial charge in [0.25, 0.3) is 0 Å². The van der Waals surface area contributed by atoms with E-state index in [1.54, 1.807) is 11.7 Å². The van der Waals surface area contributed by atoms with E-state index in [4.69, 9.17) is 4.74 Å². The topological polar surface area (TPSA) is 76.4 Å². The Morgan fingerprint density at radius 2 is 2.04 bits per heavy atom. The molecule has 1 unspecified atom stereocenters. The second-order valence-electron chi connectivity index (χ2n) is 5.35. The Hall–Kier alpha value is -2.57. The third kappa shape index (κ3) is 5.28. The lowest BCUT2D eigenvalue weighted by Gasteiger charge is -2.17. The number of aromatic nitrogens is 3. The molecular weight excluding hydrogens is 292 g/mol. The highest BCUT2D eigenvalue weighted by atomic mass is 16.5. The quantitative estimate of drug-likeness (QED) is 0.620. The molecule has 0 spiro atoms. The smallest absolute Gasteiger partial charge is 0.191 e. The summed E-state index contributed by atoms with van der Waals surface area (Å²) in [6.45, 7) is 5.28. The largest absolute Gasteiger partial charge is 0.489 e. The molecule has 124 valence electrons. The predicted molar refractivity (Wildman–Crippen MR) is 90.5 cm³/mol. The Balaban J connectivity index is 1.76. The molecule has 2 N–H and O–H groups in total. The SMILES string of the molecule is CN=C(NCc1ncnn1C)NCC(C)Oc1ccc(C)cc1. The van der Waals surface area contributed by atoms with Crippen LogP contribution in [0.25, 0.3) is 0 Å². The monoisotopic (exact) mass is 316 g/mol. The van der Waals surface area contributed by atoms with Crippen molar-refractivity contribution in [1.29, 1.82) is 0 Å². The van der Waals surface area contributed by atoms with Gasteiger partial charge in [0, 0.05) is 14.1 Å². The summed E-state index contributed by atoms with van der Waals surface area (Å²) in [4.78, 5) is 8.35. The molecule has 2 rings (SSSR count). The number of hydrogen-bond donors (Lipinski definition) is 2. The van der Waals surface area contributed by atoms with E-state index in [1.165, 1.54) is 11.9 Å². The van der Waals surface area contributed by atoms with Gasteiger partial charge in [0.2, 0.25) is 0 Å². The molecule has 1 aromatic carbocycles. The van der Waals surface area contributed by atoms with Crippen LogP contribution in [0.5, 0.6) is 5.75 Å². The van der Waals surface area contributed by atoms with Gasteiger partial charge in [-0.3, -0.25) is 9.67 Å². The summed E-state index contributed by atoms with van der Waals surface area (Å²) in [6.07, 6.45) is 1.55. The fourth-order valence-corrected chi connectivity index (χ4v) is 1.99. The fourth-order valence-electron chi connectivity index (χ4n) is 1.99. The fraction of sp³-hybridized carbons (Fsp3) is 0.438. The average Bonchev–Trinajstić information content (AvgIpc) is 2.95. The molecule has 7 heteroatoms. The molecule has 0 saturated carbocycles. The Kier molecular flexibility index (Phi) is 5.96. The van der Waals surface area contributed by atoms with Gasteiger partial charge < -0.3 is 15.4 Å². The number of aliphatic imine (C=N–C) groups is 1. The van der Waals surface area contributed by atoms with Crippen LogP contribution in [0.3, 0.4) is 0 Å². The third-order valence-corrected chi connectivity index (χ3v) is 3.36. The van der Waals surface area contributed by atoms with Gasteiger partial charge in [-0.1, -0.05) is 17.7 Å². The highest BCUT2D eigenvalue weighted by molar-refractivity contribution is 5.79. The molecular formula is C16H24N6O. The minimum atomic E-state index is 0.0195. The molecule has 0 amide bonds. The molecule has 0 fully saturated rings. The molecule has 1 aromatic heterocycles. The van der Waals surface area contributed by atoms with Gasteiger partial charge in [-0.2, -0.15) is 5.10 Å². The van der Waals surface area contributed by atoms with Gasteiger partial charge in [0.15, 0.2) is 5.96 Å². The summed E-state index contributed by atoms with van der Waals surface area (Å²) in [5.41, 5.74) is 1.22. The number of ether oxygens (including phenoxy) is 1. The number of nitrogens with zero attached hydrogens (tertiary/aromatic N) is 4. The molecule has 2 aromatic rings. The Morgan fingerprint density at radius 1 is 1.30 bits per heavy atom. The van der Waals surface area contributed by atoms with E-state index in [9.17, 15) is 0 Å². The minimum absolute atomic E-state index is 0.0195. The molecule has 0 radical (unpaired) electrons. The minimum Gasteiger partial charge on any atom is -0.489 e. The zero-order valence-electron chi connectivity index (χ0n) is 14.1. The van der Waals surface area contributed by atoms with Crippen molar-refractivity contribution in [1.82, 2.24) is 25.4 Å². The summed E-state index contributed by atoms with van der Waals surface area (Å²) in [7, 11) is 3.59. The first-order chi connectivity index (χ1) is 11.1. The molecule has 23 heavy (non-hydrogen) atoms. The van der Waals surface area contributed by atoms with Crippen molar-refractivity contribution >= 4 is 5.96 Å². The lowest BCUT2D eigenvalue weighted by molar-refractivity contribution is 0.224. The van der Waals surface area contributed by atoms with Crippen molar-refractivity contribution in [3.05, 3.63) is 42.0 Å². The van der Waals surface area contributed by atoms with Gasteiger partial charge in [0.05, 0.1) is 13.1 Å². The molecule has 0 bridgehead atoms. The molecule has 0 aliphatic carbocycles. The number of guanidine groups is 1. The zero-order valence-corrected chi connectivity index (χ0v) is 14.1. The highest BCUT2D eigenvalue weighted by Gasteiger charge is 2.07. The van der Waals surface area contributed by atoms with Gasteiger partial charge in [0.1, 0.15) is 24.0 Å². The molecule has 1 atom stereocenters. The maximum absolute atomic E-state index is 5.86. The molecule has 1 heterocycles. The standard InChI is InChI=1S/C16H24N6O/c1-12-5-7-14(8-6-12)23-13(2)9-18-16(17-3)19-10-15-20-11-21-22(15)4/h5-8,11,13H,9-10H2,1-4H3,(H2,17,18,19). The van der Waals surface area contributed by atoms with Crippen LogP contribution in [-0.2, 0) is 13.6 Å². The van der Waals surface area contributed by atoms with Gasteiger partial charge >= 0.3 is 0 Å². The Bertz CT molecular complexity index is 634. The number of rotatable bonds is 6. The predicted octanol–water partition coefficient (Wildman–Crippen LogP) is 1.26. The summed E-state index contributed by atoms with van der Waals surface area (Å²) in [5, 5.41) is 10.5. The first-order valence-corrected chi connectivity index (χ1v) is 7.59. The molecule has 0 aliphatic heterocycles. The van der Waals surface area contributed by atoms with E-state index in [2.05, 4.69) is 32.6 Å². The van der Waals surface area contributed by atoms with Gasteiger partial charge in [-0.05, 0) is 26.0 Å². The van der Waals surface area contributed by atoms with Gasteiger partial charge in [-0.25, -0.2) is 4.98 Å². The van der Waals surface area contributed by atoms with Crippen LogP contribution in [0.4, 0.5) is 0 Å². The second kappa shape index (κ2) is 8.17. The second-order valence-corrected chi connectivity index (χ2v) is 5.35. The van der Waals surface area contributed by atoms with Crippen molar-refractivity contribution < 1.29 is 4.74 Å². The number of hydrogen-bond acceptors (Lipinski definition) is 4. The van der Waals surface area contributed by atoms with Crippen LogP contribution < -0.4 is 15.4 Å². The van der Waals surface area contributed by atoms with Crippen LogP contribution in [-0.4, -0.2) is 40.4 Å². The highest BCUT2D eigenvalue weighted by Crippen LogP contribution is 2.12. The van der Waals surface area contributed by atoms with E-state index in [-0.39, 0.29) is 6.10 Å². The third-order valence-electron chi connectivity index (χ3n) is 3.36. The normalized spacial score (nSPS) is 12.8. The van der Waals surface area contributed by atoms with Crippen LogP contribution in [0, 0.1) is 6.92 Å². The van der Waals surface area contributed by atoms with E-state index in [1.807, 2.05) is 38.2 Å². The summed E-state index contributed by atoms with van der Waals surface area (Å²) in [6, 6.07) is 8.04. The van der Waals surface area contributed by atoms with Crippen LogP contribution in [0.1, 0.15) is 18.3 Å². The number of nitrogens with one attached hydrogen (secondary N) is 2. The maximum Gasteiger partial charge on any atom is 0.191 e. The summed E-state index contributed by atoms with van der Waals surface area (Å²) >= 11 is 0. The maximum atomic E-state index is 5.86. The lowest BCUT2D eigenvalue weighted by atomic mass is 10.2. The Morgan fingerprint density at radius 3 is 2.65 bits per heavy atom. The van der Waals surface area contributed by atoms with Crippen molar-refractivity contribution in [2.24, 2.45) is 12.0 Å². The Labute approximate surface area is 136 Å². The van der Waals surface area contributed by atoms with Crippen LogP contribution >= 0.6 is 0 Å². The van der Waals surface area contributed by atoms with Crippen molar-refractivity contribution in [2.75, 3.05) is 13.6 Å². The molecule has 0 saturated heterocycles.